The first-order valence-electron chi connectivity index (χ1n) is 12.6. The molecule has 6 rings (SSSR count). The number of carbonyl (C=O) groups is 2. The normalized spacial score (nSPS) is 17.1. The smallest absolute Gasteiger partial charge is 0.243 e. The molecule has 1 aliphatic rings. The number of amides is 2. The van der Waals surface area contributed by atoms with Gasteiger partial charge in [0.1, 0.15) is 42.4 Å². The SMILES string of the molecule is Nc1ncnc2c1c(-c1ccc3cc[nH]c3c1)cn2CC(=O)N1C[C@H](F)C[C@H]1C(=O)NCc1cccc(Cl)c1F. The predicted molar refractivity (Wildman–Crippen MR) is 148 cm³/mol. The zero-order valence-electron chi connectivity index (χ0n) is 21.1. The second-order valence-corrected chi connectivity index (χ2v) is 10.1. The highest BCUT2D eigenvalue weighted by molar-refractivity contribution is 6.30. The second-order valence-electron chi connectivity index (χ2n) is 9.73. The molecule has 1 aliphatic heterocycles. The number of carbonyl (C=O) groups excluding carboxylic acids is 2. The predicted octanol–water partition coefficient (Wildman–Crippen LogP) is 4.21. The van der Waals surface area contributed by atoms with Gasteiger partial charge in [-0.25, -0.2) is 18.7 Å². The first kappa shape index (κ1) is 25.8. The summed E-state index contributed by atoms with van der Waals surface area (Å²) in [6.45, 7) is -0.570. The van der Waals surface area contributed by atoms with Gasteiger partial charge in [-0.3, -0.25) is 9.59 Å². The van der Waals surface area contributed by atoms with Crippen LogP contribution in [0.3, 0.4) is 0 Å². The number of nitrogens with zero attached hydrogens (tertiary/aromatic N) is 4. The van der Waals surface area contributed by atoms with E-state index >= 15 is 0 Å². The molecule has 0 bridgehead atoms. The maximum absolute atomic E-state index is 14.5. The summed E-state index contributed by atoms with van der Waals surface area (Å²) in [5.74, 6) is -1.42. The summed E-state index contributed by atoms with van der Waals surface area (Å²) in [5.41, 5.74) is 9.38. The van der Waals surface area contributed by atoms with Gasteiger partial charge in [-0.2, -0.15) is 0 Å². The Morgan fingerprint density at radius 3 is 2.90 bits per heavy atom. The van der Waals surface area contributed by atoms with E-state index in [1.54, 1.807) is 16.8 Å². The van der Waals surface area contributed by atoms with Gasteiger partial charge in [-0.15, -0.1) is 0 Å². The van der Waals surface area contributed by atoms with Crippen LogP contribution in [0.25, 0.3) is 33.1 Å². The number of fused-ring (bicyclic) bond motifs is 2. The minimum atomic E-state index is -1.37. The van der Waals surface area contributed by atoms with E-state index in [4.69, 9.17) is 17.3 Å². The quantitative estimate of drug-likeness (QED) is 0.286. The number of anilines is 1. The van der Waals surface area contributed by atoms with Crippen LogP contribution in [0, 0.1) is 5.82 Å². The third-order valence-electron chi connectivity index (χ3n) is 7.21. The molecule has 0 saturated carbocycles. The molecular formula is C28H24ClF2N7O2. The lowest BCUT2D eigenvalue weighted by molar-refractivity contribution is -0.139. The summed E-state index contributed by atoms with van der Waals surface area (Å²) in [7, 11) is 0. The van der Waals surface area contributed by atoms with Gasteiger partial charge in [0.2, 0.25) is 11.8 Å². The van der Waals surface area contributed by atoms with Gasteiger partial charge >= 0.3 is 0 Å². The van der Waals surface area contributed by atoms with Gasteiger partial charge in [0.15, 0.2) is 0 Å². The molecule has 204 valence electrons. The van der Waals surface area contributed by atoms with Gasteiger partial charge in [-0.1, -0.05) is 35.9 Å². The fourth-order valence-corrected chi connectivity index (χ4v) is 5.43. The monoisotopic (exact) mass is 563 g/mol. The molecule has 4 heterocycles. The van der Waals surface area contributed by atoms with Crippen molar-refractivity contribution in [2.45, 2.75) is 31.7 Å². The Morgan fingerprint density at radius 1 is 1.20 bits per heavy atom. The number of aromatic amines is 1. The molecule has 12 heteroatoms. The Labute approximate surface area is 231 Å². The van der Waals surface area contributed by atoms with Crippen molar-refractivity contribution in [3.05, 3.63) is 77.6 Å². The number of benzene rings is 2. The summed E-state index contributed by atoms with van der Waals surface area (Å²) >= 11 is 5.82. The molecule has 3 aromatic heterocycles. The number of nitrogens with two attached hydrogens (primary N) is 1. The standard InChI is InChI=1S/C28H24ClF2N7O2/c29-20-3-1-2-17(25(20)31)10-34-28(40)22-9-18(30)11-38(22)23(39)13-37-12-19(24-26(32)35-14-36-27(24)37)16-5-4-15-6-7-33-21(15)8-16/h1-8,12,14,18,22,33H,9-11,13H2,(H,34,40)(H2,32,35,36)/t18-,22+/m1/s1. The van der Waals surface area contributed by atoms with Crippen LogP contribution in [-0.2, 0) is 22.7 Å². The first-order chi connectivity index (χ1) is 19.3. The Balaban J connectivity index is 1.26. The summed E-state index contributed by atoms with van der Waals surface area (Å²) in [6.07, 6.45) is 3.40. The first-order valence-corrected chi connectivity index (χ1v) is 13.0. The molecule has 2 amide bonds. The van der Waals surface area contributed by atoms with Crippen molar-refractivity contribution in [1.82, 2.24) is 29.7 Å². The van der Waals surface area contributed by atoms with Crippen molar-refractivity contribution in [3.8, 4) is 11.1 Å². The van der Waals surface area contributed by atoms with Crippen molar-refractivity contribution in [1.29, 1.82) is 0 Å². The Kier molecular flexibility index (Phi) is 6.59. The third kappa shape index (κ3) is 4.62. The molecule has 1 saturated heterocycles. The van der Waals surface area contributed by atoms with E-state index in [-0.39, 0.29) is 42.5 Å². The van der Waals surface area contributed by atoms with Crippen LogP contribution in [0.2, 0.25) is 5.02 Å². The lowest BCUT2D eigenvalue weighted by Gasteiger charge is -2.24. The van der Waals surface area contributed by atoms with E-state index in [0.29, 0.717) is 11.0 Å². The molecule has 1 fully saturated rings. The number of rotatable bonds is 6. The number of nitrogen functional groups attached to an aromatic ring is 1. The van der Waals surface area contributed by atoms with Gasteiger partial charge in [-0.05, 0) is 29.1 Å². The highest BCUT2D eigenvalue weighted by Crippen LogP contribution is 2.34. The van der Waals surface area contributed by atoms with Crippen molar-refractivity contribution >= 4 is 51.2 Å². The molecule has 9 nitrogen and oxygen atoms in total. The molecule has 0 radical (unpaired) electrons. The Morgan fingerprint density at radius 2 is 2.05 bits per heavy atom. The summed E-state index contributed by atoms with van der Waals surface area (Å²) in [6, 6.07) is 11.3. The van der Waals surface area contributed by atoms with Crippen LogP contribution in [0.4, 0.5) is 14.6 Å². The van der Waals surface area contributed by atoms with E-state index in [1.807, 2.05) is 30.5 Å². The number of H-pyrrole nitrogens is 1. The van der Waals surface area contributed by atoms with E-state index in [9.17, 15) is 18.4 Å². The lowest BCUT2D eigenvalue weighted by atomic mass is 10.0. The van der Waals surface area contributed by atoms with E-state index in [0.717, 1.165) is 22.0 Å². The van der Waals surface area contributed by atoms with Crippen molar-refractivity contribution in [3.63, 3.8) is 0 Å². The van der Waals surface area contributed by atoms with Crippen LogP contribution in [-0.4, -0.2) is 55.0 Å². The number of aromatic nitrogens is 4. The largest absolute Gasteiger partial charge is 0.383 e. The van der Waals surface area contributed by atoms with Crippen LogP contribution in [0.15, 0.2) is 61.2 Å². The maximum atomic E-state index is 14.5. The third-order valence-corrected chi connectivity index (χ3v) is 7.50. The average Bonchev–Trinajstić information content (AvgIpc) is 3.66. The average molecular weight is 564 g/mol. The van der Waals surface area contributed by atoms with Gasteiger partial charge in [0.25, 0.3) is 0 Å². The Bertz CT molecular complexity index is 1770. The Hall–Kier alpha value is -4.51. The van der Waals surface area contributed by atoms with E-state index in [1.165, 1.54) is 23.4 Å². The molecule has 0 aliphatic carbocycles. The fraction of sp³-hybridized carbons (Fsp3) is 0.214. The summed E-state index contributed by atoms with van der Waals surface area (Å²) in [5, 5.41) is 4.17. The second kappa shape index (κ2) is 10.2. The molecule has 5 aromatic rings. The number of halogens is 3. The molecule has 0 spiro atoms. The zero-order valence-corrected chi connectivity index (χ0v) is 21.8. The van der Waals surface area contributed by atoms with E-state index in [2.05, 4.69) is 20.3 Å². The van der Waals surface area contributed by atoms with Crippen LogP contribution >= 0.6 is 11.6 Å². The fourth-order valence-electron chi connectivity index (χ4n) is 5.23. The highest BCUT2D eigenvalue weighted by Gasteiger charge is 2.40. The molecule has 2 atom stereocenters. The number of likely N-dealkylation sites (tertiary alicyclic amines) is 1. The number of alkyl halides is 1. The number of hydrogen-bond donors (Lipinski definition) is 3. The lowest BCUT2D eigenvalue weighted by Crippen LogP contribution is -2.46. The van der Waals surface area contributed by atoms with Crippen LogP contribution in [0.5, 0.6) is 0 Å². The summed E-state index contributed by atoms with van der Waals surface area (Å²) in [4.78, 5) is 39.3. The van der Waals surface area contributed by atoms with Crippen molar-refractivity contribution < 1.29 is 18.4 Å². The van der Waals surface area contributed by atoms with E-state index < -0.39 is 29.8 Å². The number of nitrogens with one attached hydrogen (secondary N) is 2. The van der Waals surface area contributed by atoms with Crippen molar-refractivity contribution in [2.24, 2.45) is 0 Å². The minimum Gasteiger partial charge on any atom is -0.383 e. The number of hydrogen-bond acceptors (Lipinski definition) is 5. The minimum absolute atomic E-state index is 0.0659. The van der Waals surface area contributed by atoms with Crippen molar-refractivity contribution in [2.75, 3.05) is 12.3 Å². The van der Waals surface area contributed by atoms with Gasteiger partial charge < -0.3 is 25.5 Å². The van der Waals surface area contributed by atoms with Crippen LogP contribution in [0.1, 0.15) is 12.0 Å². The molecule has 0 unspecified atom stereocenters. The summed E-state index contributed by atoms with van der Waals surface area (Å²) < 4.78 is 30.4. The zero-order chi connectivity index (χ0) is 28.0. The van der Waals surface area contributed by atoms with Crippen LogP contribution < -0.4 is 11.1 Å². The van der Waals surface area contributed by atoms with Gasteiger partial charge in [0.05, 0.1) is 17.0 Å². The van der Waals surface area contributed by atoms with Gasteiger partial charge in [0, 0.05) is 42.0 Å². The maximum Gasteiger partial charge on any atom is 0.243 e. The highest BCUT2D eigenvalue weighted by atomic mass is 35.5. The molecular weight excluding hydrogens is 540 g/mol. The molecule has 40 heavy (non-hydrogen) atoms. The molecule has 4 N–H and O–H groups in total. The molecule has 2 aromatic carbocycles. The topological polar surface area (TPSA) is 122 Å².